The maximum absolute atomic E-state index is 12.9. The van der Waals surface area contributed by atoms with E-state index in [1.165, 1.54) is 18.6 Å². The van der Waals surface area contributed by atoms with Gasteiger partial charge >= 0.3 is 5.97 Å². The van der Waals surface area contributed by atoms with Crippen LogP contribution in [0.15, 0.2) is 73.2 Å². The number of ether oxygens (including phenoxy) is 1. The number of aryl methyl sites for hydroxylation is 1. The molecule has 5 nitrogen and oxygen atoms in total. The lowest BCUT2D eigenvalue weighted by atomic mass is 9.99. The fourth-order valence-electron chi connectivity index (χ4n) is 2.34. The Morgan fingerprint density at radius 1 is 0.960 bits per heavy atom. The quantitative estimate of drug-likeness (QED) is 0.528. The van der Waals surface area contributed by atoms with Crippen molar-refractivity contribution < 1.29 is 14.3 Å². The maximum Gasteiger partial charge on any atom is 0.359 e. The molecule has 0 aliphatic rings. The van der Waals surface area contributed by atoms with Gasteiger partial charge in [-0.25, -0.2) is 9.78 Å². The lowest BCUT2D eigenvalue weighted by Gasteiger charge is -2.17. The molecule has 0 aliphatic carbocycles. The molecule has 25 heavy (non-hydrogen) atoms. The van der Waals surface area contributed by atoms with E-state index < -0.39 is 12.1 Å². The fraction of sp³-hybridized carbons (Fsp3) is 0.100. The third kappa shape index (κ3) is 3.95. The molecule has 0 spiro atoms. The highest BCUT2D eigenvalue weighted by Gasteiger charge is 2.27. The number of rotatable bonds is 5. The van der Waals surface area contributed by atoms with Gasteiger partial charge in [0, 0.05) is 23.5 Å². The van der Waals surface area contributed by atoms with Gasteiger partial charge in [-0.3, -0.25) is 9.78 Å². The van der Waals surface area contributed by atoms with Crippen LogP contribution in [0.3, 0.4) is 0 Å². The summed E-state index contributed by atoms with van der Waals surface area (Å²) in [7, 11) is 0. The summed E-state index contributed by atoms with van der Waals surface area (Å²) in [5, 5.41) is 0. The molecule has 0 fully saturated rings. The van der Waals surface area contributed by atoms with E-state index in [9.17, 15) is 9.59 Å². The molecular formula is C20H16N2O3. The normalized spacial score (nSPS) is 11.6. The summed E-state index contributed by atoms with van der Waals surface area (Å²) >= 11 is 0. The van der Waals surface area contributed by atoms with Crippen LogP contribution in [0.5, 0.6) is 0 Å². The van der Waals surface area contributed by atoms with Crippen molar-refractivity contribution in [3.05, 3.63) is 95.6 Å². The van der Waals surface area contributed by atoms with Crippen LogP contribution in [0, 0.1) is 6.92 Å². The summed E-state index contributed by atoms with van der Waals surface area (Å²) in [5.41, 5.74) is 2.18. The van der Waals surface area contributed by atoms with E-state index in [-0.39, 0.29) is 11.5 Å². The molecule has 1 atom stereocenters. The molecule has 0 saturated carbocycles. The van der Waals surface area contributed by atoms with Crippen LogP contribution in [0.1, 0.15) is 38.1 Å². The predicted molar refractivity (Wildman–Crippen MR) is 92.1 cm³/mol. The van der Waals surface area contributed by atoms with Gasteiger partial charge in [0.1, 0.15) is 0 Å². The van der Waals surface area contributed by atoms with Crippen LogP contribution < -0.4 is 0 Å². The predicted octanol–water partition coefficient (Wildman–Crippen LogP) is 3.57. The van der Waals surface area contributed by atoms with E-state index >= 15 is 0 Å². The minimum Gasteiger partial charge on any atom is -0.444 e. The van der Waals surface area contributed by atoms with Crippen molar-refractivity contribution in [3.63, 3.8) is 0 Å². The second-order valence-corrected chi connectivity index (χ2v) is 5.52. The molecule has 0 saturated heterocycles. The molecule has 0 N–H and O–H groups in total. The number of carbonyl (C=O) groups excluding carboxylic acids is 2. The van der Waals surface area contributed by atoms with E-state index in [2.05, 4.69) is 9.97 Å². The third-order valence-corrected chi connectivity index (χ3v) is 3.67. The molecule has 1 aromatic heterocycles. The van der Waals surface area contributed by atoms with E-state index in [0.29, 0.717) is 11.1 Å². The van der Waals surface area contributed by atoms with Crippen molar-refractivity contribution in [1.82, 2.24) is 9.97 Å². The first-order valence-corrected chi connectivity index (χ1v) is 7.78. The second kappa shape index (κ2) is 7.49. The summed E-state index contributed by atoms with van der Waals surface area (Å²) in [5.74, 6) is -0.981. The topological polar surface area (TPSA) is 69.2 Å². The van der Waals surface area contributed by atoms with Crippen LogP contribution in [0.25, 0.3) is 0 Å². The number of nitrogens with zero attached hydrogens (tertiary/aromatic N) is 2. The Balaban J connectivity index is 1.91. The lowest BCUT2D eigenvalue weighted by molar-refractivity contribution is 0.0274. The van der Waals surface area contributed by atoms with E-state index in [0.717, 1.165) is 5.56 Å². The number of aromatic nitrogens is 2. The van der Waals surface area contributed by atoms with Gasteiger partial charge in [0.25, 0.3) is 0 Å². The molecule has 0 bridgehead atoms. The highest BCUT2D eigenvalue weighted by atomic mass is 16.5. The Bertz CT molecular complexity index is 862. The molecular weight excluding hydrogens is 316 g/mol. The molecule has 3 rings (SSSR count). The molecule has 0 radical (unpaired) electrons. The van der Waals surface area contributed by atoms with Crippen molar-refractivity contribution >= 4 is 11.8 Å². The number of benzene rings is 2. The van der Waals surface area contributed by atoms with E-state index in [4.69, 9.17) is 4.74 Å². The highest BCUT2D eigenvalue weighted by Crippen LogP contribution is 2.24. The monoisotopic (exact) mass is 332 g/mol. The molecule has 3 aromatic rings. The lowest BCUT2D eigenvalue weighted by Crippen LogP contribution is -2.21. The average Bonchev–Trinajstić information content (AvgIpc) is 2.67. The van der Waals surface area contributed by atoms with Gasteiger partial charge in [-0.05, 0) is 6.92 Å². The van der Waals surface area contributed by atoms with Gasteiger partial charge in [0.2, 0.25) is 5.78 Å². The second-order valence-electron chi connectivity index (χ2n) is 5.52. The summed E-state index contributed by atoms with van der Waals surface area (Å²) in [6.07, 6.45) is 3.12. The minimum absolute atomic E-state index is 0.0557. The Labute approximate surface area is 145 Å². The van der Waals surface area contributed by atoms with E-state index in [1.54, 1.807) is 36.4 Å². The zero-order valence-electron chi connectivity index (χ0n) is 13.6. The number of hydrogen-bond donors (Lipinski definition) is 0. The van der Waals surface area contributed by atoms with Crippen LogP contribution >= 0.6 is 0 Å². The zero-order chi connectivity index (χ0) is 17.6. The van der Waals surface area contributed by atoms with Crippen molar-refractivity contribution in [2.24, 2.45) is 0 Å². The minimum atomic E-state index is -1.04. The molecule has 2 aromatic carbocycles. The van der Waals surface area contributed by atoms with Crippen molar-refractivity contribution in [1.29, 1.82) is 0 Å². The fourth-order valence-corrected chi connectivity index (χ4v) is 2.34. The largest absolute Gasteiger partial charge is 0.444 e. The number of Topliss-reactive ketones (excluding diaryl/α,β-unsaturated/α-hetero) is 1. The molecule has 0 unspecified atom stereocenters. The van der Waals surface area contributed by atoms with Crippen LogP contribution in [0.2, 0.25) is 0 Å². The van der Waals surface area contributed by atoms with Crippen LogP contribution in [0.4, 0.5) is 0 Å². The molecule has 1 heterocycles. The number of hydrogen-bond acceptors (Lipinski definition) is 5. The van der Waals surface area contributed by atoms with Crippen molar-refractivity contribution in [3.8, 4) is 0 Å². The average molecular weight is 332 g/mol. The third-order valence-electron chi connectivity index (χ3n) is 3.67. The molecule has 124 valence electrons. The SMILES string of the molecule is Cc1ccc(C(=O)[C@H](OC(=O)c2cnccn2)c2ccccc2)cc1. The van der Waals surface area contributed by atoms with Gasteiger partial charge < -0.3 is 4.74 Å². The van der Waals surface area contributed by atoms with E-state index in [1.807, 2.05) is 25.1 Å². The smallest absolute Gasteiger partial charge is 0.359 e. The van der Waals surface area contributed by atoms with Gasteiger partial charge in [-0.2, -0.15) is 0 Å². The zero-order valence-corrected chi connectivity index (χ0v) is 13.6. The van der Waals surface area contributed by atoms with Crippen molar-refractivity contribution in [2.45, 2.75) is 13.0 Å². The number of esters is 1. The number of ketones is 1. The highest BCUT2D eigenvalue weighted by molar-refractivity contribution is 6.01. The van der Waals surface area contributed by atoms with Gasteiger partial charge in [-0.1, -0.05) is 60.2 Å². The first-order chi connectivity index (χ1) is 12.1. The molecule has 0 aliphatic heterocycles. The Hall–Kier alpha value is -3.34. The summed E-state index contributed by atoms with van der Waals surface area (Å²) in [6, 6.07) is 16.1. The van der Waals surface area contributed by atoms with Gasteiger partial charge in [0.05, 0.1) is 6.20 Å². The maximum atomic E-state index is 12.9. The Kier molecular flexibility index (Phi) is 4.95. The summed E-state index contributed by atoms with van der Waals surface area (Å²) < 4.78 is 5.48. The summed E-state index contributed by atoms with van der Waals surface area (Å²) in [6.45, 7) is 1.94. The Morgan fingerprint density at radius 2 is 1.68 bits per heavy atom. The van der Waals surface area contributed by atoms with Gasteiger partial charge in [-0.15, -0.1) is 0 Å². The summed E-state index contributed by atoms with van der Waals surface area (Å²) in [4.78, 5) is 33.0. The van der Waals surface area contributed by atoms with Crippen molar-refractivity contribution in [2.75, 3.05) is 0 Å². The first-order valence-electron chi connectivity index (χ1n) is 7.78. The molecule has 5 heteroatoms. The van der Waals surface area contributed by atoms with Gasteiger partial charge in [0.15, 0.2) is 11.8 Å². The van der Waals surface area contributed by atoms with Crippen LogP contribution in [-0.4, -0.2) is 21.7 Å². The molecule has 0 amide bonds. The first kappa shape index (κ1) is 16.5. The van der Waals surface area contributed by atoms with Crippen LogP contribution in [-0.2, 0) is 4.74 Å². The number of carbonyl (C=O) groups is 2. The Morgan fingerprint density at radius 3 is 2.32 bits per heavy atom. The standard InChI is InChI=1S/C20H16N2O3/c1-14-7-9-15(10-8-14)18(23)19(16-5-3-2-4-6-16)25-20(24)17-13-21-11-12-22-17/h2-13,19H,1H3/t19-/m1/s1.